The number of carbonyl (C=O) groups is 1. The van der Waals surface area contributed by atoms with Crippen LogP contribution in [-0.4, -0.2) is 25.7 Å². The van der Waals surface area contributed by atoms with E-state index in [4.69, 9.17) is 0 Å². The van der Waals surface area contributed by atoms with Crippen molar-refractivity contribution in [1.29, 1.82) is 0 Å². The number of nitrogens with zero attached hydrogens (tertiary/aromatic N) is 2. The lowest BCUT2D eigenvalue weighted by molar-refractivity contribution is 0.0689. The Kier molecular flexibility index (Phi) is 3.06. The molecule has 0 unspecified atom stereocenters. The summed E-state index contributed by atoms with van der Waals surface area (Å²) in [6, 6.07) is 4.51. The molecule has 1 aliphatic rings. The van der Waals surface area contributed by atoms with E-state index in [1.165, 1.54) is 10.6 Å². The van der Waals surface area contributed by atoms with E-state index in [2.05, 4.69) is 10.1 Å². The second kappa shape index (κ2) is 5.02. The zero-order valence-corrected chi connectivity index (χ0v) is 12.8. The first kappa shape index (κ1) is 14.6. The molecule has 3 aromatic rings. The molecule has 0 bridgehead atoms. The standard InChI is InChI=1S/C17H14FN3O3/c1-8-6-10(4-5-11(8)18)12-7-21-15(16(22)19-12)13(9-2-3-9)14(20-21)17(23)24/h4-7,9H,2-3H2,1H3,(H,19,22)(H,23,24). The van der Waals surface area contributed by atoms with Crippen molar-refractivity contribution in [2.24, 2.45) is 0 Å². The maximum Gasteiger partial charge on any atom is 0.356 e. The van der Waals surface area contributed by atoms with Gasteiger partial charge in [0.1, 0.15) is 11.3 Å². The summed E-state index contributed by atoms with van der Waals surface area (Å²) in [6.45, 7) is 1.64. The van der Waals surface area contributed by atoms with Crippen LogP contribution >= 0.6 is 0 Å². The topological polar surface area (TPSA) is 87.5 Å². The monoisotopic (exact) mass is 327 g/mol. The number of aromatic nitrogens is 3. The first-order valence-corrected chi connectivity index (χ1v) is 7.61. The van der Waals surface area contributed by atoms with Gasteiger partial charge < -0.3 is 10.1 Å². The van der Waals surface area contributed by atoms with Gasteiger partial charge in [0.05, 0.1) is 11.9 Å². The minimum Gasteiger partial charge on any atom is -0.476 e. The van der Waals surface area contributed by atoms with Crippen molar-refractivity contribution in [3.63, 3.8) is 0 Å². The van der Waals surface area contributed by atoms with E-state index in [0.717, 1.165) is 12.8 Å². The number of carboxylic acids is 1. The van der Waals surface area contributed by atoms with E-state index in [-0.39, 0.29) is 22.9 Å². The fourth-order valence-corrected chi connectivity index (χ4v) is 2.98. The Morgan fingerprint density at radius 1 is 1.42 bits per heavy atom. The van der Waals surface area contributed by atoms with Crippen molar-refractivity contribution in [2.75, 3.05) is 0 Å². The lowest BCUT2D eigenvalue weighted by atomic mass is 10.1. The fourth-order valence-electron chi connectivity index (χ4n) is 2.98. The Labute approximate surface area is 135 Å². The van der Waals surface area contributed by atoms with Crippen LogP contribution in [0.3, 0.4) is 0 Å². The van der Waals surface area contributed by atoms with Gasteiger partial charge in [-0.1, -0.05) is 0 Å². The number of aromatic amines is 1. The average Bonchev–Trinajstić information content (AvgIpc) is 3.29. The molecule has 0 saturated heterocycles. The van der Waals surface area contributed by atoms with Crippen LogP contribution in [0, 0.1) is 12.7 Å². The number of hydrogen-bond acceptors (Lipinski definition) is 3. The van der Waals surface area contributed by atoms with E-state index in [1.54, 1.807) is 25.3 Å². The summed E-state index contributed by atoms with van der Waals surface area (Å²) in [6.07, 6.45) is 3.29. The molecule has 4 rings (SSSR count). The van der Waals surface area contributed by atoms with Crippen LogP contribution in [0.2, 0.25) is 0 Å². The average molecular weight is 327 g/mol. The lowest BCUT2D eigenvalue weighted by Gasteiger charge is -2.05. The predicted molar refractivity (Wildman–Crippen MR) is 84.9 cm³/mol. The van der Waals surface area contributed by atoms with Gasteiger partial charge in [0.15, 0.2) is 5.69 Å². The molecule has 6 nitrogen and oxygen atoms in total. The highest BCUT2D eigenvalue weighted by Gasteiger charge is 2.34. The molecule has 0 atom stereocenters. The number of hydrogen-bond donors (Lipinski definition) is 2. The number of aryl methyl sites for hydroxylation is 1. The van der Waals surface area contributed by atoms with Gasteiger partial charge in [-0.2, -0.15) is 5.10 Å². The van der Waals surface area contributed by atoms with Crippen LogP contribution in [0.1, 0.15) is 40.4 Å². The van der Waals surface area contributed by atoms with Gasteiger partial charge in [-0.15, -0.1) is 0 Å². The summed E-state index contributed by atoms with van der Waals surface area (Å²) in [5.41, 5.74) is 1.86. The maximum absolute atomic E-state index is 13.4. The molecule has 2 N–H and O–H groups in total. The Morgan fingerprint density at radius 2 is 2.17 bits per heavy atom. The minimum absolute atomic E-state index is 0.0737. The minimum atomic E-state index is -1.14. The molecule has 24 heavy (non-hydrogen) atoms. The van der Waals surface area contributed by atoms with Crippen LogP contribution in [0.25, 0.3) is 16.8 Å². The van der Waals surface area contributed by atoms with Crippen LogP contribution in [0.5, 0.6) is 0 Å². The second-order valence-electron chi connectivity index (χ2n) is 6.10. The maximum atomic E-state index is 13.4. The molecule has 1 aliphatic carbocycles. The molecule has 2 aromatic heterocycles. The van der Waals surface area contributed by atoms with E-state index in [0.29, 0.717) is 22.4 Å². The summed E-state index contributed by atoms with van der Waals surface area (Å²) < 4.78 is 14.8. The lowest BCUT2D eigenvalue weighted by Crippen LogP contribution is -2.12. The number of rotatable bonds is 3. The second-order valence-corrected chi connectivity index (χ2v) is 6.10. The van der Waals surface area contributed by atoms with E-state index in [1.807, 2.05) is 0 Å². The summed E-state index contributed by atoms with van der Waals surface area (Å²) in [4.78, 5) is 26.7. The molecular formula is C17H14FN3O3. The Hall–Kier alpha value is -2.96. The number of carboxylic acid groups (broad SMARTS) is 1. The normalized spacial score (nSPS) is 14.2. The molecule has 1 fully saturated rings. The first-order chi connectivity index (χ1) is 11.5. The third-order valence-electron chi connectivity index (χ3n) is 4.32. The van der Waals surface area contributed by atoms with E-state index >= 15 is 0 Å². The molecule has 2 heterocycles. The summed E-state index contributed by atoms with van der Waals surface area (Å²) in [7, 11) is 0. The Morgan fingerprint density at radius 3 is 2.79 bits per heavy atom. The van der Waals surface area contributed by atoms with Crippen LogP contribution in [0.4, 0.5) is 4.39 Å². The van der Waals surface area contributed by atoms with Crippen LogP contribution in [0.15, 0.2) is 29.2 Å². The zero-order chi connectivity index (χ0) is 17.0. The zero-order valence-electron chi connectivity index (χ0n) is 12.8. The van der Waals surface area contributed by atoms with Gasteiger partial charge in [0.2, 0.25) is 0 Å². The molecule has 1 saturated carbocycles. The van der Waals surface area contributed by atoms with Gasteiger partial charge in [0.25, 0.3) is 5.56 Å². The summed E-state index contributed by atoms with van der Waals surface area (Å²) in [5, 5.41) is 13.4. The number of halogens is 1. The third kappa shape index (κ3) is 2.20. The van der Waals surface area contributed by atoms with Crippen molar-refractivity contribution in [1.82, 2.24) is 14.6 Å². The molecule has 1 aromatic carbocycles. The van der Waals surface area contributed by atoms with Gasteiger partial charge >= 0.3 is 5.97 Å². The van der Waals surface area contributed by atoms with Crippen molar-refractivity contribution in [3.05, 3.63) is 57.4 Å². The molecule has 0 aliphatic heterocycles. The number of nitrogens with one attached hydrogen (secondary N) is 1. The Bertz CT molecular complexity index is 1050. The van der Waals surface area contributed by atoms with Gasteiger partial charge in [-0.25, -0.2) is 13.7 Å². The quantitative estimate of drug-likeness (QED) is 0.774. The summed E-state index contributed by atoms with van der Waals surface area (Å²) >= 11 is 0. The van der Waals surface area contributed by atoms with Crippen molar-refractivity contribution < 1.29 is 14.3 Å². The van der Waals surface area contributed by atoms with Crippen molar-refractivity contribution in [3.8, 4) is 11.3 Å². The van der Waals surface area contributed by atoms with Gasteiger partial charge in [-0.3, -0.25) is 4.79 Å². The number of aromatic carboxylic acids is 1. The van der Waals surface area contributed by atoms with E-state index < -0.39 is 11.5 Å². The number of H-pyrrole nitrogens is 1. The molecule has 7 heteroatoms. The van der Waals surface area contributed by atoms with E-state index in [9.17, 15) is 19.1 Å². The van der Waals surface area contributed by atoms with Gasteiger partial charge in [0, 0.05) is 11.1 Å². The highest BCUT2D eigenvalue weighted by Crippen LogP contribution is 2.43. The Balaban J connectivity index is 1.96. The molecule has 0 amide bonds. The predicted octanol–water partition coefficient (Wildman–Crippen LogP) is 2.71. The summed E-state index contributed by atoms with van der Waals surface area (Å²) in [5.74, 6) is -1.39. The molecule has 0 spiro atoms. The largest absolute Gasteiger partial charge is 0.476 e. The van der Waals surface area contributed by atoms with Crippen molar-refractivity contribution in [2.45, 2.75) is 25.7 Å². The molecule has 0 radical (unpaired) electrons. The number of benzene rings is 1. The highest BCUT2D eigenvalue weighted by atomic mass is 19.1. The highest BCUT2D eigenvalue weighted by molar-refractivity contribution is 5.90. The third-order valence-corrected chi connectivity index (χ3v) is 4.32. The first-order valence-electron chi connectivity index (χ1n) is 7.61. The molecular weight excluding hydrogens is 313 g/mol. The van der Waals surface area contributed by atoms with Crippen LogP contribution < -0.4 is 5.56 Å². The smallest absolute Gasteiger partial charge is 0.356 e. The van der Waals surface area contributed by atoms with Crippen molar-refractivity contribution >= 4 is 11.5 Å². The molecule has 122 valence electrons. The fraction of sp³-hybridized carbons (Fsp3) is 0.235. The number of fused-ring (bicyclic) bond motifs is 1. The van der Waals surface area contributed by atoms with Crippen LogP contribution in [-0.2, 0) is 0 Å². The van der Waals surface area contributed by atoms with Gasteiger partial charge in [-0.05, 0) is 49.4 Å². The SMILES string of the molecule is Cc1cc(-c2cn3nc(C(=O)O)c(C4CC4)c3c(=O)[nH]2)ccc1F.